The Labute approximate surface area is 126 Å². The largest absolute Gasteiger partial charge is 0.496 e. The van der Waals surface area contributed by atoms with Crippen molar-refractivity contribution in [3.8, 4) is 5.75 Å². The number of nitrogens with one attached hydrogen (secondary N) is 1. The highest BCUT2D eigenvalue weighted by atomic mass is 16.5. The maximum Gasteiger partial charge on any atom is 0.124 e. The molecule has 0 aliphatic heterocycles. The highest BCUT2D eigenvalue weighted by molar-refractivity contribution is 5.35. The van der Waals surface area contributed by atoms with E-state index < -0.39 is 0 Å². The molecule has 0 aromatic heterocycles. The Morgan fingerprint density at radius 2 is 1.71 bits per heavy atom. The summed E-state index contributed by atoms with van der Waals surface area (Å²) in [4.78, 5) is 0. The summed E-state index contributed by atoms with van der Waals surface area (Å²) in [5.41, 5.74) is 2.26. The molecule has 1 atom stereocenters. The molecule has 0 aliphatic rings. The van der Waals surface area contributed by atoms with Gasteiger partial charge in [-0.25, -0.2) is 0 Å². The van der Waals surface area contributed by atoms with Crippen LogP contribution in [0.1, 0.15) is 24.2 Å². The van der Waals surface area contributed by atoms with Crippen LogP contribution >= 0.6 is 0 Å². The van der Waals surface area contributed by atoms with E-state index in [9.17, 15) is 0 Å². The second-order valence-electron chi connectivity index (χ2n) is 4.83. The molecule has 0 fully saturated rings. The molecule has 2 aromatic rings. The molecule has 0 amide bonds. The van der Waals surface area contributed by atoms with Crippen molar-refractivity contribution in [1.82, 2.24) is 5.32 Å². The van der Waals surface area contributed by atoms with Crippen LogP contribution in [0.3, 0.4) is 0 Å². The minimum Gasteiger partial charge on any atom is -0.496 e. The van der Waals surface area contributed by atoms with Gasteiger partial charge in [-0.05, 0) is 18.2 Å². The molecule has 112 valence electrons. The maximum atomic E-state index is 6.12. The van der Waals surface area contributed by atoms with E-state index in [1.807, 2.05) is 36.4 Å². The number of para-hydroxylation sites is 1. The fourth-order valence-corrected chi connectivity index (χ4v) is 2.24. The smallest absolute Gasteiger partial charge is 0.124 e. The van der Waals surface area contributed by atoms with Gasteiger partial charge >= 0.3 is 0 Å². The number of ether oxygens (including phenoxy) is 2. The monoisotopic (exact) mass is 285 g/mol. The summed E-state index contributed by atoms with van der Waals surface area (Å²) in [6.07, 6.45) is -0.0266. The van der Waals surface area contributed by atoms with Gasteiger partial charge in [0.1, 0.15) is 5.75 Å². The third-order valence-corrected chi connectivity index (χ3v) is 3.36. The van der Waals surface area contributed by atoms with Gasteiger partial charge < -0.3 is 14.8 Å². The van der Waals surface area contributed by atoms with Gasteiger partial charge in [-0.15, -0.1) is 0 Å². The topological polar surface area (TPSA) is 30.5 Å². The fraction of sp³-hybridized carbons (Fsp3) is 0.333. The molecule has 0 heterocycles. The van der Waals surface area contributed by atoms with Crippen molar-refractivity contribution in [2.24, 2.45) is 0 Å². The molecule has 21 heavy (non-hydrogen) atoms. The summed E-state index contributed by atoms with van der Waals surface area (Å²) in [6.45, 7) is 4.37. The average molecular weight is 285 g/mol. The number of hydrogen-bond acceptors (Lipinski definition) is 3. The first-order valence-corrected chi connectivity index (χ1v) is 7.34. The van der Waals surface area contributed by atoms with Crippen molar-refractivity contribution in [1.29, 1.82) is 0 Å². The Hall–Kier alpha value is -1.84. The van der Waals surface area contributed by atoms with Gasteiger partial charge in [0.15, 0.2) is 0 Å². The van der Waals surface area contributed by atoms with E-state index in [1.165, 1.54) is 5.56 Å². The van der Waals surface area contributed by atoms with Gasteiger partial charge in [-0.1, -0.05) is 55.5 Å². The molecular weight excluding hydrogens is 262 g/mol. The molecule has 3 heteroatoms. The van der Waals surface area contributed by atoms with E-state index in [0.717, 1.165) is 24.4 Å². The van der Waals surface area contributed by atoms with E-state index in [1.54, 1.807) is 7.11 Å². The predicted molar refractivity (Wildman–Crippen MR) is 85.5 cm³/mol. The molecule has 1 unspecified atom stereocenters. The summed E-state index contributed by atoms with van der Waals surface area (Å²) in [5, 5.41) is 3.35. The zero-order chi connectivity index (χ0) is 14.9. The van der Waals surface area contributed by atoms with Crippen LogP contribution in [0, 0.1) is 0 Å². The molecule has 0 saturated heterocycles. The minimum absolute atomic E-state index is 0.0266. The summed E-state index contributed by atoms with van der Waals surface area (Å²) in [5.74, 6) is 0.869. The lowest BCUT2D eigenvalue weighted by Crippen LogP contribution is -2.23. The van der Waals surface area contributed by atoms with Gasteiger partial charge in [0.05, 0.1) is 19.8 Å². The van der Waals surface area contributed by atoms with Crippen LogP contribution in [0.15, 0.2) is 54.6 Å². The second kappa shape index (κ2) is 8.45. The quantitative estimate of drug-likeness (QED) is 0.804. The fourth-order valence-electron chi connectivity index (χ4n) is 2.24. The zero-order valence-corrected chi connectivity index (χ0v) is 12.7. The highest BCUT2D eigenvalue weighted by Crippen LogP contribution is 2.27. The lowest BCUT2D eigenvalue weighted by molar-refractivity contribution is 0.0386. The summed E-state index contributed by atoms with van der Waals surface area (Å²) in [7, 11) is 1.69. The molecule has 1 N–H and O–H groups in total. The third kappa shape index (κ3) is 4.59. The molecule has 0 bridgehead atoms. The van der Waals surface area contributed by atoms with Crippen LogP contribution in [0.5, 0.6) is 5.75 Å². The van der Waals surface area contributed by atoms with Gasteiger partial charge in [0.2, 0.25) is 0 Å². The Morgan fingerprint density at radius 3 is 2.43 bits per heavy atom. The molecule has 2 rings (SSSR count). The number of rotatable bonds is 8. The molecular formula is C18H23NO2. The first-order valence-electron chi connectivity index (χ1n) is 7.34. The van der Waals surface area contributed by atoms with Gasteiger partial charge in [-0.2, -0.15) is 0 Å². The van der Waals surface area contributed by atoms with Crippen molar-refractivity contribution < 1.29 is 9.47 Å². The van der Waals surface area contributed by atoms with Crippen molar-refractivity contribution in [2.75, 3.05) is 20.2 Å². The van der Waals surface area contributed by atoms with Crippen molar-refractivity contribution in [2.45, 2.75) is 19.6 Å². The normalized spacial score (nSPS) is 12.1. The molecule has 0 aliphatic carbocycles. The van der Waals surface area contributed by atoms with E-state index in [-0.39, 0.29) is 6.10 Å². The number of hydrogen-bond donors (Lipinski definition) is 1. The van der Waals surface area contributed by atoms with Gasteiger partial charge in [-0.3, -0.25) is 0 Å². The summed E-state index contributed by atoms with van der Waals surface area (Å²) >= 11 is 0. The molecule has 2 aromatic carbocycles. The first kappa shape index (κ1) is 15.5. The Bertz CT molecular complexity index is 528. The summed E-state index contributed by atoms with van der Waals surface area (Å²) < 4.78 is 11.6. The third-order valence-electron chi connectivity index (χ3n) is 3.36. The van der Waals surface area contributed by atoms with E-state index >= 15 is 0 Å². The number of methoxy groups -OCH3 is 1. The molecule has 0 saturated carbocycles. The van der Waals surface area contributed by atoms with Gasteiger partial charge in [0.25, 0.3) is 0 Å². The SMILES string of the molecule is CCNCC(OCc1ccccc1)c1ccccc1OC. The minimum atomic E-state index is -0.0266. The van der Waals surface area contributed by atoms with E-state index in [2.05, 4.69) is 30.4 Å². The van der Waals surface area contributed by atoms with E-state index in [0.29, 0.717) is 6.61 Å². The van der Waals surface area contributed by atoms with Crippen LogP contribution < -0.4 is 10.1 Å². The van der Waals surface area contributed by atoms with Crippen LogP contribution in [-0.4, -0.2) is 20.2 Å². The Balaban J connectivity index is 2.10. The number of benzene rings is 2. The van der Waals surface area contributed by atoms with Crippen molar-refractivity contribution in [3.63, 3.8) is 0 Å². The molecule has 3 nitrogen and oxygen atoms in total. The van der Waals surface area contributed by atoms with Crippen LogP contribution in [-0.2, 0) is 11.3 Å². The Kier molecular flexibility index (Phi) is 6.25. The predicted octanol–water partition coefficient (Wildman–Crippen LogP) is 3.56. The lowest BCUT2D eigenvalue weighted by Gasteiger charge is -2.21. The van der Waals surface area contributed by atoms with Crippen molar-refractivity contribution >= 4 is 0 Å². The average Bonchev–Trinajstić information content (AvgIpc) is 2.56. The van der Waals surface area contributed by atoms with Crippen LogP contribution in [0.25, 0.3) is 0 Å². The first-order chi connectivity index (χ1) is 10.3. The number of likely N-dealkylation sites (N-methyl/N-ethyl adjacent to an activating group) is 1. The highest BCUT2D eigenvalue weighted by Gasteiger charge is 2.16. The lowest BCUT2D eigenvalue weighted by atomic mass is 10.1. The summed E-state index contributed by atoms with van der Waals surface area (Å²) in [6, 6.07) is 18.2. The molecule has 0 radical (unpaired) electrons. The Morgan fingerprint density at radius 1 is 1.00 bits per heavy atom. The molecule has 0 spiro atoms. The van der Waals surface area contributed by atoms with Crippen molar-refractivity contribution in [3.05, 3.63) is 65.7 Å². The van der Waals surface area contributed by atoms with Gasteiger partial charge in [0, 0.05) is 12.1 Å². The maximum absolute atomic E-state index is 6.12. The van der Waals surface area contributed by atoms with Crippen LogP contribution in [0.4, 0.5) is 0 Å². The standard InChI is InChI=1S/C18H23NO2/c1-3-19-13-18(16-11-7-8-12-17(16)20-2)21-14-15-9-5-4-6-10-15/h4-12,18-19H,3,13-14H2,1-2H3. The zero-order valence-electron chi connectivity index (χ0n) is 12.7. The second-order valence-corrected chi connectivity index (χ2v) is 4.83. The van der Waals surface area contributed by atoms with Crippen LogP contribution in [0.2, 0.25) is 0 Å². The van der Waals surface area contributed by atoms with E-state index in [4.69, 9.17) is 9.47 Å².